The molecule has 1 aliphatic rings. The third-order valence-corrected chi connectivity index (χ3v) is 6.33. The van der Waals surface area contributed by atoms with E-state index in [-0.39, 0.29) is 5.91 Å². The lowest BCUT2D eigenvalue weighted by atomic mass is 10.2. The van der Waals surface area contributed by atoms with E-state index < -0.39 is 0 Å². The summed E-state index contributed by atoms with van der Waals surface area (Å²) in [7, 11) is 1.82. The molecular weight excluding hydrogens is 392 g/mol. The van der Waals surface area contributed by atoms with Gasteiger partial charge in [-0.2, -0.15) is 0 Å². The van der Waals surface area contributed by atoms with Gasteiger partial charge in [0.2, 0.25) is 5.91 Å². The SMILES string of the molecule is CN(Cc1ccc2c(c1)OCCO2)C(=O)CSc1nc(-c2ccccc2)cs1. The number of ether oxygens (including phenoxy) is 2. The minimum atomic E-state index is 0.0661. The van der Waals surface area contributed by atoms with Gasteiger partial charge < -0.3 is 14.4 Å². The van der Waals surface area contributed by atoms with Crippen LogP contribution < -0.4 is 9.47 Å². The summed E-state index contributed by atoms with van der Waals surface area (Å²) in [6.45, 7) is 1.66. The molecule has 0 radical (unpaired) electrons. The van der Waals surface area contributed by atoms with Crippen LogP contribution in [-0.2, 0) is 11.3 Å². The van der Waals surface area contributed by atoms with Crippen molar-refractivity contribution in [1.29, 1.82) is 0 Å². The van der Waals surface area contributed by atoms with Gasteiger partial charge in [0.1, 0.15) is 13.2 Å². The molecule has 0 saturated carbocycles. The summed E-state index contributed by atoms with van der Waals surface area (Å²) < 4.78 is 12.1. The molecule has 0 spiro atoms. The minimum absolute atomic E-state index is 0.0661. The number of aromatic nitrogens is 1. The molecule has 0 saturated heterocycles. The van der Waals surface area contributed by atoms with Crippen molar-refractivity contribution in [2.75, 3.05) is 26.0 Å². The first-order chi connectivity index (χ1) is 13.7. The van der Waals surface area contributed by atoms with Crippen molar-refractivity contribution >= 4 is 29.0 Å². The van der Waals surface area contributed by atoms with E-state index in [4.69, 9.17) is 9.47 Å². The number of fused-ring (bicyclic) bond motifs is 1. The standard InChI is InChI=1S/C21H20N2O3S2/c1-23(12-15-7-8-18-19(11-15)26-10-9-25-18)20(24)14-28-21-22-17(13-27-21)16-5-3-2-4-6-16/h2-8,11,13H,9-10,12,14H2,1H3. The second-order valence-corrected chi connectivity index (χ2v) is 8.46. The van der Waals surface area contributed by atoms with Gasteiger partial charge in [-0.25, -0.2) is 4.98 Å². The van der Waals surface area contributed by atoms with Crippen LogP contribution in [0.15, 0.2) is 58.3 Å². The van der Waals surface area contributed by atoms with E-state index in [0.717, 1.165) is 32.7 Å². The zero-order valence-electron chi connectivity index (χ0n) is 15.5. The van der Waals surface area contributed by atoms with Crippen molar-refractivity contribution in [3.8, 4) is 22.8 Å². The highest BCUT2D eigenvalue weighted by molar-refractivity contribution is 8.01. The van der Waals surface area contributed by atoms with Crippen molar-refractivity contribution in [1.82, 2.24) is 9.88 Å². The van der Waals surface area contributed by atoms with Crippen LogP contribution in [0.4, 0.5) is 0 Å². The number of thiazole rings is 1. The van der Waals surface area contributed by atoms with Crippen molar-refractivity contribution < 1.29 is 14.3 Å². The van der Waals surface area contributed by atoms with Gasteiger partial charge in [-0.1, -0.05) is 48.2 Å². The van der Waals surface area contributed by atoms with Crippen LogP contribution in [0, 0.1) is 0 Å². The zero-order valence-corrected chi connectivity index (χ0v) is 17.1. The molecule has 4 rings (SSSR count). The molecule has 144 valence electrons. The molecule has 28 heavy (non-hydrogen) atoms. The number of amides is 1. The second kappa shape index (κ2) is 8.67. The van der Waals surface area contributed by atoms with Crippen LogP contribution >= 0.6 is 23.1 Å². The third kappa shape index (κ3) is 4.48. The second-order valence-electron chi connectivity index (χ2n) is 6.38. The Morgan fingerprint density at radius 1 is 1.14 bits per heavy atom. The van der Waals surface area contributed by atoms with Crippen molar-refractivity contribution in [3.05, 3.63) is 59.5 Å². The number of nitrogens with zero attached hydrogens (tertiary/aromatic N) is 2. The van der Waals surface area contributed by atoms with Gasteiger partial charge in [0, 0.05) is 24.5 Å². The molecule has 5 nitrogen and oxygen atoms in total. The van der Waals surface area contributed by atoms with Crippen molar-refractivity contribution in [2.45, 2.75) is 10.9 Å². The van der Waals surface area contributed by atoms with Crippen LogP contribution in [0.3, 0.4) is 0 Å². The summed E-state index contributed by atoms with van der Waals surface area (Å²) in [6, 6.07) is 15.9. The maximum Gasteiger partial charge on any atom is 0.233 e. The fourth-order valence-corrected chi connectivity index (χ4v) is 4.62. The molecule has 2 aromatic carbocycles. The number of benzene rings is 2. The quantitative estimate of drug-likeness (QED) is 0.564. The Morgan fingerprint density at radius 2 is 1.93 bits per heavy atom. The summed E-state index contributed by atoms with van der Waals surface area (Å²) in [4.78, 5) is 18.9. The predicted molar refractivity (Wildman–Crippen MR) is 112 cm³/mol. The van der Waals surface area contributed by atoms with Gasteiger partial charge in [0.15, 0.2) is 15.8 Å². The molecule has 1 aliphatic heterocycles. The molecule has 1 amide bonds. The first-order valence-corrected chi connectivity index (χ1v) is 10.8. The molecule has 1 aromatic heterocycles. The molecule has 0 fully saturated rings. The Hall–Kier alpha value is -2.51. The summed E-state index contributed by atoms with van der Waals surface area (Å²) in [5.74, 6) is 1.94. The maximum atomic E-state index is 12.5. The topological polar surface area (TPSA) is 51.7 Å². The highest BCUT2D eigenvalue weighted by Gasteiger charge is 2.15. The highest BCUT2D eigenvalue weighted by Crippen LogP contribution is 2.31. The molecule has 0 bridgehead atoms. The fraction of sp³-hybridized carbons (Fsp3) is 0.238. The minimum Gasteiger partial charge on any atom is -0.486 e. The van der Waals surface area contributed by atoms with E-state index in [1.807, 2.05) is 61.0 Å². The van der Waals surface area contributed by atoms with E-state index in [0.29, 0.717) is 25.5 Å². The Balaban J connectivity index is 1.32. The van der Waals surface area contributed by atoms with Crippen molar-refractivity contribution in [2.24, 2.45) is 0 Å². The van der Waals surface area contributed by atoms with E-state index >= 15 is 0 Å². The maximum absolute atomic E-state index is 12.5. The van der Waals surface area contributed by atoms with Gasteiger partial charge in [-0.05, 0) is 17.7 Å². The van der Waals surface area contributed by atoms with Crippen molar-refractivity contribution in [3.63, 3.8) is 0 Å². The molecule has 0 N–H and O–H groups in total. The first kappa shape index (κ1) is 18.8. The lowest BCUT2D eigenvalue weighted by Crippen LogP contribution is -2.27. The first-order valence-electron chi connectivity index (χ1n) is 8.95. The molecular formula is C21H20N2O3S2. The van der Waals surface area contributed by atoms with Gasteiger partial charge in [0.25, 0.3) is 0 Å². The molecule has 0 unspecified atom stereocenters. The molecule has 3 aromatic rings. The van der Waals surface area contributed by atoms with Crippen LogP contribution in [0.5, 0.6) is 11.5 Å². The number of thioether (sulfide) groups is 1. The van der Waals surface area contributed by atoms with Gasteiger partial charge >= 0.3 is 0 Å². The fourth-order valence-electron chi connectivity index (χ4n) is 2.85. The smallest absolute Gasteiger partial charge is 0.233 e. The molecule has 7 heteroatoms. The van der Waals surface area contributed by atoms with E-state index in [1.54, 1.807) is 16.2 Å². The number of rotatable bonds is 6. The van der Waals surface area contributed by atoms with Crippen LogP contribution in [0.1, 0.15) is 5.56 Å². The van der Waals surface area contributed by atoms with Gasteiger partial charge in [-0.3, -0.25) is 4.79 Å². The molecule has 2 heterocycles. The van der Waals surface area contributed by atoms with E-state index in [2.05, 4.69) is 4.98 Å². The molecule has 0 atom stereocenters. The summed E-state index contributed by atoms with van der Waals surface area (Å²) in [5.41, 5.74) is 3.06. The number of hydrogen-bond donors (Lipinski definition) is 0. The lowest BCUT2D eigenvalue weighted by Gasteiger charge is -2.21. The Bertz CT molecular complexity index is 959. The van der Waals surface area contributed by atoms with Gasteiger partial charge in [0.05, 0.1) is 11.4 Å². The highest BCUT2D eigenvalue weighted by atomic mass is 32.2. The van der Waals surface area contributed by atoms with E-state index in [9.17, 15) is 4.79 Å². The summed E-state index contributed by atoms with van der Waals surface area (Å²) >= 11 is 3.05. The summed E-state index contributed by atoms with van der Waals surface area (Å²) in [5, 5.41) is 2.03. The van der Waals surface area contributed by atoms with Gasteiger partial charge in [-0.15, -0.1) is 11.3 Å². The number of hydrogen-bond acceptors (Lipinski definition) is 6. The Labute approximate surface area is 172 Å². The normalized spacial score (nSPS) is 12.6. The molecule has 0 aliphatic carbocycles. The third-order valence-electron chi connectivity index (χ3n) is 4.32. The largest absolute Gasteiger partial charge is 0.486 e. The Morgan fingerprint density at radius 3 is 2.75 bits per heavy atom. The van der Waals surface area contributed by atoms with E-state index in [1.165, 1.54) is 11.8 Å². The number of carbonyl (C=O) groups excluding carboxylic acids is 1. The van der Waals surface area contributed by atoms with Crippen LogP contribution in [0.2, 0.25) is 0 Å². The average molecular weight is 413 g/mol. The summed E-state index contributed by atoms with van der Waals surface area (Å²) in [6.07, 6.45) is 0. The monoisotopic (exact) mass is 412 g/mol. The van der Waals surface area contributed by atoms with Crippen LogP contribution in [0.25, 0.3) is 11.3 Å². The lowest BCUT2D eigenvalue weighted by molar-refractivity contribution is -0.127. The van der Waals surface area contributed by atoms with Crippen LogP contribution in [-0.4, -0.2) is 41.8 Å². The predicted octanol–water partition coefficient (Wildman–Crippen LogP) is 4.33. The number of carbonyl (C=O) groups is 1. The zero-order chi connectivity index (χ0) is 19.3. The Kier molecular flexibility index (Phi) is 5.83. The average Bonchev–Trinajstić information content (AvgIpc) is 3.21.